The average molecular weight is 585 g/mol. The van der Waals surface area contributed by atoms with Crippen molar-refractivity contribution in [2.75, 3.05) is 0 Å². The zero-order chi connectivity index (χ0) is 39.0. The van der Waals surface area contributed by atoms with Gasteiger partial charge < -0.3 is 4.42 Å². The predicted molar refractivity (Wildman–Crippen MR) is 193 cm³/mol. The van der Waals surface area contributed by atoms with Crippen molar-refractivity contribution in [1.29, 1.82) is 0 Å². The van der Waals surface area contributed by atoms with Crippen molar-refractivity contribution in [1.82, 2.24) is 0 Å². The van der Waals surface area contributed by atoms with Crippen LogP contribution in [0.4, 0.5) is 0 Å². The van der Waals surface area contributed by atoms with E-state index >= 15 is 0 Å². The second-order valence-electron chi connectivity index (χ2n) is 10.6. The minimum Gasteiger partial charge on any atom is -0.456 e. The van der Waals surface area contributed by atoms with E-state index in [4.69, 9.17) is 18.1 Å². The molecule has 1 aromatic heterocycles. The molecule has 0 saturated carbocycles. The van der Waals surface area contributed by atoms with E-state index in [0.717, 1.165) is 44.0 Å². The van der Waals surface area contributed by atoms with Gasteiger partial charge in [0.1, 0.15) is 11.2 Å². The molecule has 1 heterocycles. The van der Waals surface area contributed by atoms with Crippen molar-refractivity contribution >= 4 is 44.9 Å². The van der Waals surface area contributed by atoms with Crippen LogP contribution in [0.1, 0.15) is 24.8 Å². The summed E-state index contributed by atoms with van der Waals surface area (Å²) in [6.07, 6.45) is 3.50. The average Bonchev–Trinajstić information content (AvgIpc) is 3.58. The lowest BCUT2D eigenvalue weighted by Gasteiger charge is -2.21. The van der Waals surface area contributed by atoms with E-state index < -0.39 is 36.3 Å². The Labute approximate surface area is 277 Å². The number of fused-ring (bicyclic) bond motifs is 4. The summed E-state index contributed by atoms with van der Waals surface area (Å²) >= 11 is 0. The van der Waals surface area contributed by atoms with E-state index in [-0.39, 0.29) is 35.3 Å². The van der Waals surface area contributed by atoms with Crippen molar-refractivity contribution in [3.05, 3.63) is 170 Å². The molecule has 0 spiro atoms. The normalized spacial score (nSPS) is 14.4. The minimum atomic E-state index is -0.476. The van der Waals surface area contributed by atoms with Gasteiger partial charge in [0.05, 0.1) is 13.7 Å². The van der Waals surface area contributed by atoms with Gasteiger partial charge in [-0.2, -0.15) is 0 Å². The predicted octanol–water partition coefficient (Wildman–Crippen LogP) is 12.7. The highest BCUT2D eigenvalue weighted by Gasteiger charge is 2.21. The summed E-state index contributed by atoms with van der Waals surface area (Å²) in [5.74, 6) is 0. The molecule has 0 atom stereocenters. The molecule has 8 aromatic rings. The second kappa shape index (κ2) is 11.0. The van der Waals surface area contributed by atoms with Crippen molar-refractivity contribution in [2.45, 2.75) is 0 Å². The van der Waals surface area contributed by atoms with Crippen LogP contribution in [0.5, 0.6) is 0 Å². The maximum Gasteiger partial charge on any atom is 0.136 e. The van der Waals surface area contributed by atoms with Crippen LogP contribution in [0.15, 0.2) is 163 Å². The Morgan fingerprint density at radius 3 is 1.64 bits per heavy atom. The number of hydrogen-bond acceptors (Lipinski definition) is 1. The summed E-state index contributed by atoms with van der Waals surface area (Å²) in [5, 5.41) is 3.08. The molecule has 1 heteroatoms. The maximum atomic E-state index is 8.92. The molecule has 0 aliphatic carbocycles. The first-order chi connectivity index (χ1) is 26.4. The Morgan fingerprint density at radius 2 is 1.02 bits per heavy atom. The number of hydrogen-bond donors (Lipinski definition) is 0. The van der Waals surface area contributed by atoms with Gasteiger partial charge in [-0.15, -0.1) is 0 Å². The van der Waals surface area contributed by atoms with E-state index in [0.29, 0.717) is 33.2 Å². The topological polar surface area (TPSA) is 13.1 Å². The molecule has 0 bridgehead atoms. The Kier molecular flexibility index (Phi) is 4.39. The van der Waals surface area contributed by atoms with E-state index in [1.807, 2.05) is 72.8 Å². The molecule has 212 valence electrons. The zero-order valence-electron chi connectivity index (χ0n) is 34.1. The van der Waals surface area contributed by atoms with Gasteiger partial charge in [-0.25, -0.2) is 0 Å². The van der Waals surface area contributed by atoms with Crippen LogP contribution >= 0.6 is 0 Å². The smallest absolute Gasteiger partial charge is 0.136 e. The van der Waals surface area contributed by atoms with E-state index in [2.05, 4.69) is 13.2 Å². The molecule has 7 aromatic carbocycles. The molecule has 0 unspecified atom stereocenters. The lowest BCUT2D eigenvalue weighted by atomic mass is 9.82. The SMILES string of the molecule is [2H]c1c([2H])c([2H])c(-c2ccc(-c3c(C=C)c(C=C)c(-c4cc(-c5c([2H])c([2H])c([2H])c([2H])c5[2H])c5c(c4)oc4ccccc45)c4ccccc34)cc2)c([2H])c1[2H]. The van der Waals surface area contributed by atoms with E-state index in [9.17, 15) is 0 Å². The molecule has 0 saturated heterocycles. The van der Waals surface area contributed by atoms with Crippen LogP contribution in [0, 0.1) is 0 Å². The first kappa shape index (κ1) is 18.0. The highest BCUT2D eigenvalue weighted by molar-refractivity contribution is 6.16. The lowest BCUT2D eigenvalue weighted by Crippen LogP contribution is -1.96. The fourth-order valence-electron chi connectivity index (χ4n) is 6.30. The molecule has 45 heavy (non-hydrogen) atoms. The lowest BCUT2D eigenvalue weighted by molar-refractivity contribution is 0.669. The highest BCUT2D eigenvalue weighted by atomic mass is 16.3. The molecule has 0 aliphatic rings. The molecule has 0 amide bonds. The summed E-state index contributed by atoms with van der Waals surface area (Å²) in [6.45, 7) is 8.40. The molecule has 0 N–H and O–H groups in total. The van der Waals surface area contributed by atoms with E-state index in [1.54, 1.807) is 24.3 Å². The summed E-state index contributed by atoms with van der Waals surface area (Å²) < 4.78 is 90.7. The zero-order valence-corrected chi connectivity index (χ0v) is 24.1. The third-order valence-electron chi connectivity index (χ3n) is 8.20. The summed E-state index contributed by atoms with van der Waals surface area (Å²) in [5.41, 5.74) is 6.73. The number of furan rings is 1. The fourth-order valence-corrected chi connectivity index (χ4v) is 6.30. The van der Waals surface area contributed by atoms with Crippen LogP contribution in [-0.4, -0.2) is 0 Å². The third-order valence-corrected chi connectivity index (χ3v) is 8.20. The monoisotopic (exact) mass is 584 g/mol. The van der Waals surface area contributed by atoms with Crippen molar-refractivity contribution < 1.29 is 18.1 Å². The number of rotatable bonds is 6. The number of para-hydroxylation sites is 1. The van der Waals surface area contributed by atoms with Gasteiger partial charge in [-0.3, -0.25) is 0 Å². The van der Waals surface area contributed by atoms with E-state index in [1.165, 1.54) is 0 Å². The quantitative estimate of drug-likeness (QED) is 0.189. The molecule has 8 rings (SSSR count). The Morgan fingerprint density at radius 1 is 0.489 bits per heavy atom. The van der Waals surface area contributed by atoms with Gasteiger partial charge >= 0.3 is 0 Å². The van der Waals surface area contributed by atoms with Gasteiger partial charge in [0.25, 0.3) is 0 Å². The summed E-state index contributed by atoms with van der Waals surface area (Å²) in [7, 11) is 0. The Balaban J connectivity index is 1.42. The van der Waals surface area contributed by atoms with Crippen molar-refractivity contribution in [3.8, 4) is 44.5 Å². The van der Waals surface area contributed by atoms with Gasteiger partial charge in [-0.05, 0) is 84.6 Å². The molecule has 0 fully saturated rings. The van der Waals surface area contributed by atoms with Gasteiger partial charge in [0.2, 0.25) is 0 Å². The number of benzene rings is 7. The van der Waals surface area contributed by atoms with Crippen LogP contribution in [0.3, 0.4) is 0 Å². The second-order valence-corrected chi connectivity index (χ2v) is 10.6. The van der Waals surface area contributed by atoms with Gasteiger partial charge in [-0.1, -0.05) is 152 Å². The molecule has 1 nitrogen and oxygen atoms in total. The van der Waals surface area contributed by atoms with Crippen LogP contribution in [-0.2, 0) is 0 Å². The maximum absolute atomic E-state index is 8.92. The molecular weight excluding hydrogens is 544 g/mol. The Bertz CT molecular complexity index is 2900. The standard InChI is InChI=1S/C44H30O/c1-3-34-35(4-2)43(33-27-39(31-17-9-6-10-18-31)44-38-21-13-14-22-40(38)45-41(44)28-33)37-20-12-11-19-36(37)42(34)32-25-23-30(24-26-32)29-15-7-5-8-16-29/h3-28H,1-2H2/i5D,6D,7D,8D,9D,10D,15D,16D,17D,18D. The fraction of sp³-hybridized carbons (Fsp3) is 0. The van der Waals surface area contributed by atoms with Gasteiger partial charge in [0, 0.05) is 10.8 Å². The molecular formula is C44H30O. The Hall–Kier alpha value is -5.92. The van der Waals surface area contributed by atoms with Crippen LogP contribution in [0.2, 0.25) is 0 Å². The first-order valence-corrected chi connectivity index (χ1v) is 14.4. The first-order valence-electron chi connectivity index (χ1n) is 19.4. The summed E-state index contributed by atoms with van der Waals surface area (Å²) in [6, 6.07) is 22.4. The van der Waals surface area contributed by atoms with Gasteiger partial charge in [0.15, 0.2) is 0 Å². The highest BCUT2D eigenvalue weighted by Crippen LogP contribution is 2.46. The van der Waals surface area contributed by atoms with Crippen molar-refractivity contribution in [3.63, 3.8) is 0 Å². The third kappa shape index (κ3) is 4.41. The van der Waals surface area contributed by atoms with Crippen LogP contribution < -0.4 is 0 Å². The largest absolute Gasteiger partial charge is 0.456 e. The molecule has 0 radical (unpaired) electrons. The van der Waals surface area contributed by atoms with Crippen LogP contribution in [0.25, 0.3) is 89.4 Å². The minimum absolute atomic E-state index is 0.0635. The van der Waals surface area contributed by atoms with Crippen molar-refractivity contribution in [2.24, 2.45) is 0 Å². The summed E-state index contributed by atoms with van der Waals surface area (Å²) in [4.78, 5) is 0. The molecule has 0 aliphatic heterocycles.